The number of aldehydes is 1. The molecule has 0 bridgehead atoms. The molecule has 3 aromatic carbocycles. The summed E-state index contributed by atoms with van der Waals surface area (Å²) in [5.74, 6) is 0.412. The first-order chi connectivity index (χ1) is 29.9. The Bertz CT molecular complexity index is 2110. The summed E-state index contributed by atoms with van der Waals surface area (Å²) in [4.78, 5) is 34.3. The lowest BCUT2D eigenvalue weighted by atomic mass is 9.55. The number of carbonyl (C=O) groups excluding carboxylic acids is 2. The SMILES string of the molecule is C=CCOC12Oc3ccc(Oc4cccc(C=O)c4)cc3C3C(CCCCO)C(CCCCO)C=C(C(=NOC4CCCCO4)CC1N(C)C(=O)c1ccc4c(c1)OCO4)C32. The molecule has 1 saturated heterocycles. The van der Waals surface area contributed by atoms with Gasteiger partial charge in [-0.2, -0.15) is 0 Å². The van der Waals surface area contributed by atoms with Crippen LogP contribution < -0.4 is 18.9 Å². The van der Waals surface area contributed by atoms with Gasteiger partial charge in [-0.3, -0.25) is 9.59 Å². The van der Waals surface area contributed by atoms with E-state index in [1.165, 1.54) is 0 Å². The van der Waals surface area contributed by atoms with Gasteiger partial charge < -0.3 is 48.4 Å². The lowest BCUT2D eigenvalue weighted by molar-refractivity contribution is -0.252. The van der Waals surface area contributed by atoms with Gasteiger partial charge in [0.1, 0.15) is 29.6 Å². The van der Waals surface area contributed by atoms with Crippen LogP contribution in [0, 0.1) is 17.8 Å². The monoisotopic (exact) mass is 836 g/mol. The Labute approximate surface area is 356 Å². The summed E-state index contributed by atoms with van der Waals surface area (Å²) in [7, 11) is 1.77. The Balaban J connectivity index is 1.30. The third kappa shape index (κ3) is 8.79. The zero-order valence-electron chi connectivity index (χ0n) is 34.7. The van der Waals surface area contributed by atoms with Crippen LogP contribution in [0.4, 0.5) is 0 Å². The van der Waals surface area contributed by atoms with Gasteiger partial charge in [-0.05, 0) is 104 Å². The number of rotatable bonds is 18. The lowest BCUT2D eigenvalue weighted by Crippen LogP contribution is -2.69. The number of hydrogen-bond donors (Lipinski definition) is 2. The highest BCUT2D eigenvalue weighted by Crippen LogP contribution is 2.62. The first-order valence-corrected chi connectivity index (χ1v) is 21.6. The summed E-state index contributed by atoms with van der Waals surface area (Å²) in [5.41, 5.74) is 3.44. The van der Waals surface area contributed by atoms with E-state index >= 15 is 0 Å². The van der Waals surface area contributed by atoms with E-state index in [1.807, 2.05) is 24.3 Å². The number of benzene rings is 3. The third-order valence-corrected chi connectivity index (χ3v) is 12.7. The lowest BCUT2D eigenvalue weighted by Gasteiger charge is -2.59. The van der Waals surface area contributed by atoms with E-state index in [4.69, 9.17) is 38.4 Å². The van der Waals surface area contributed by atoms with Crippen molar-refractivity contribution in [3.63, 3.8) is 0 Å². The number of oxime groups is 1. The van der Waals surface area contributed by atoms with Crippen LogP contribution in [-0.4, -0.2) is 91.4 Å². The van der Waals surface area contributed by atoms with E-state index in [2.05, 4.69) is 12.7 Å². The molecule has 2 N–H and O–H groups in total. The molecule has 0 aromatic heterocycles. The number of hydrogen-bond acceptors (Lipinski definition) is 12. The van der Waals surface area contributed by atoms with Crippen molar-refractivity contribution >= 4 is 17.9 Å². The molecule has 7 unspecified atom stereocenters. The molecule has 13 heteroatoms. The van der Waals surface area contributed by atoms with Crippen molar-refractivity contribution < 1.29 is 53.1 Å². The second kappa shape index (κ2) is 19.2. The van der Waals surface area contributed by atoms with Crippen molar-refractivity contribution in [2.45, 2.75) is 88.2 Å². The number of nitrogens with zero attached hydrogens (tertiary/aromatic N) is 2. The van der Waals surface area contributed by atoms with Crippen LogP contribution in [0.3, 0.4) is 0 Å². The molecule has 8 rings (SSSR count). The standard InChI is InChI=1S/C48H56N2O11/c1-3-22-58-48-43(50(2)47(54)33-16-18-41-42(26-33)57-30-56-41)28-39(49-61-44-15-6-9-23-55-44)37-25-32(12-4-7-20-51)36(14-5-8-21-52)45(46(37)48)38-27-35(17-19-40(38)60-48)59-34-13-10-11-31(24-34)29-53/h3,10-11,13,16-19,24-27,29,32,36,43-46,51-52H,1,4-9,12,14-15,20-23,28,30H2,2H3. The summed E-state index contributed by atoms with van der Waals surface area (Å²) in [6, 6.07) is 17.2. The van der Waals surface area contributed by atoms with E-state index < -0.39 is 24.0 Å². The second-order valence-electron chi connectivity index (χ2n) is 16.5. The molecule has 7 atom stereocenters. The molecular weight excluding hydrogens is 781 g/mol. The van der Waals surface area contributed by atoms with E-state index in [1.54, 1.807) is 54.4 Å². The van der Waals surface area contributed by atoms with Gasteiger partial charge in [0.2, 0.25) is 18.9 Å². The maximum absolute atomic E-state index is 14.7. The average molecular weight is 837 g/mol. The van der Waals surface area contributed by atoms with Crippen molar-refractivity contribution in [2.24, 2.45) is 22.9 Å². The smallest absolute Gasteiger partial charge is 0.254 e. The Morgan fingerprint density at radius 2 is 1.77 bits per heavy atom. The Hall–Kier alpha value is -5.21. The molecule has 324 valence electrons. The van der Waals surface area contributed by atoms with Gasteiger partial charge in [0.25, 0.3) is 5.91 Å². The highest BCUT2D eigenvalue weighted by atomic mass is 16.8. The van der Waals surface area contributed by atoms with Crippen LogP contribution >= 0.6 is 0 Å². The number of fused-ring (bicyclic) bond motifs is 3. The fourth-order valence-electron chi connectivity index (χ4n) is 9.87. The van der Waals surface area contributed by atoms with Gasteiger partial charge in [0.15, 0.2) is 11.5 Å². The van der Waals surface area contributed by atoms with Gasteiger partial charge in [0, 0.05) is 55.7 Å². The molecule has 61 heavy (non-hydrogen) atoms. The summed E-state index contributed by atoms with van der Waals surface area (Å²) < 4.78 is 37.9. The van der Waals surface area contributed by atoms with E-state index in [0.29, 0.717) is 71.5 Å². The summed E-state index contributed by atoms with van der Waals surface area (Å²) in [6.45, 7) is 5.00. The average Bonchev–Trinajstić information content (AvgIpc) is 3.77. The molecule has 5 aliphatic rings. The zero-order chi connectivity index (χ0) is 42.3. The van der Waals surface area contributed by atoms with Crippen molar-refractivity contribution in [3.8, 4) is 28.7 Å². The van der Waals surface area contributed by atoms with Crippen LogP contribution in [0.1, 0.15) is 96.4 Å². The Kier molecular flexibility index (Phi) is 13.4. The third-order valence-electron chi connectivity index (χ3n) is 12.7. The number of likely N-dealkylation sites (N-methyl/N-ethyl adjacent to an activating group) is 1. The number of amides is 1. The van der Waals surface area contributed by atoms with Gasteiger partial charge >= 0.3 is 0 Å². The van der Waals surface area contributed by atoms with Crippen LogP contribution in [0.25, 0.3) is 0 Å². The van der Waals surface area contributed by atoms with Gasteiger partial charge in [0.05, 0.1) is 24.8 Å². The molecule has 2 fully saturated rings. The van der Waals surface area contributed by atoms with Crippen LogP contribution in [0.15, 0.2) is 90.1 Å². The Morgan fingerprint density at radius 3 is 2.56 bits per heavy atom. The van der Waals surface area contributed by atoms with Crippen molar-refractivity contribution in [3.05, 3.63) is 102 Å². The largest absolute Gasteiger partial charge is 0.459 e. The van der Waals surface area contributed by atoms with Crippen LogP contribution in [0.2, 0.25) is 0 Å². The number of unbranched alkanes of at least 4 members (excludes halogenated alkanes) is 2. The van der Waals surface area contributed by atoms with E-state index in [9.17, 15) is 19.8 Å². The second-order valence-corrected chi connectivity index (χ2v) is 16.5. The fraction of sp³-hybridized carbons (Fsp3) is 0.479. The number of carbonyl (C=O) groups is 2. The van der Waals surface area contributed by atoms with E-state index in [0.717, 1.165) is 55.9 Å². The zero-order valence-corrected chi connectivity index (χ0v) is 34.7. The molecule has 1 saturated carbocycles. The molecule has 3 heterocycles. The first kappa shape index (κ1) is 42.5. The molecule has 0 radical (unpaired) electrons. The van der Waals surface area contributed by atoms with Crippen molar-refractivity contribution in [2.75, 3.05) is 40.3 Å². The normalized spacial score (nSPS) is 26.6. The fourth-order valence-corrected chi connectivity index (χ4v) is 9.87. The molecule has 2 aliphatic carbocycles. The van der Waals surface area contributed by atoms with Crippen molar-refractivity contribution in [1.29, 1.82) is 0 Å². The minimum absolute atomic E-state index is 0.0273. The van der Waals surface area contributed by atoms with E-state index in [-0.39, 0.29) is 56.7 Å². The highest BCUT2D eigenvalue weighted by molar-refractivity contribution is 6.03. The highest BCUT2D eigenvalue weighted by Gasteiger charge is 2.65. The maximum atomic E-state index is 14.7. The molecule has 1 amide bonds. The quantitative estimate of drug-likeness (QED) is 0.0555. The number of aliphatic hydroxyl groups is 2. The van der Waals surface area contributed by atoms with Gasteiger partial charge in [-0.1, -0.05) is 42.3 Å². The summed E-state index contributed by atoms with van der Waals surface area (Å²) in [6.07, 6.45) is 11.7. The van der Waals surface area contributed by atoms with Crippen LogP contribution in [-0.2, 0) is 14.3 Å². The predicted octanol–water partition coefficient (Wildman–Crippen LogP) is 7.95. The number of allylic oxidation sites excluding steroid dienone is 1. The molecular formula is C48H56N2O11. The molecule has 13 nitrogen and oxygen atoms in total. The summed E-state index contributed by atoms with van der Waals surface area (Å²) in [5, 5.41) is 24.8. The maximum Gasteiger partial charge on any atom is 0.254 e. The number of ether oxygens (including phenoxy) is 6. The van der Waals surface area contributed by atoms with Crippen molar-refractivity contribution in [1.82, 2.24) is 4.90 Å². The summed E-state index contributed by atoms with van der Waals surface area (Å²) >= 11 is 0. The minimum atomic E-state index is -1.43. The van der Waals surface area contributed by atoms with Gasteiger partial charge in [-0.25, -0.2) is 0 Å². The van der Waals surface area contributed by atoms with Gasteiger partial charge in [-0.15, -0.1) is 6.58 Å². The molecule has 0 spiro atoms. The number of aliphatic hydroxyl groups excluding tert-OH is 2. The topological polar surface area (TPSA) is 155 Å². The molecule has 3 aromatic rings. The van der Waals surface area contributed by atoms with Crippen LogP contribution in [0.5, 0.6) is 28.7 Å². The minimum Gasteiger partial charge on any atom is -0.459 e. The first-order valence-electron chi connectivity index (χ1n) is 21.6. The molecule has 3 aliphatic heterocycles. The predicted molar refractivity (Wildman–Crippen MR) is 226 cm³/mol. The Morgan fingerprint density at radius 1 is 0.967 bits per heavy atom.